The lowest BCUT2D eigenvalue weighted by atomic mass is 10.1. The Labute approximate surface area is 163 Å². The molecule has 0 aliphatic carbocycles. The molecule has 1 amide bonds. The van der Waals surface area contributed by atoms with Crippen molar-refractivity contribution in [1.82, 2.24) is 14.1 Å². The maximum atomic E-state index is 13.6. The number of carbonyl (C=O) groups is 2. The lowest BCUT2D eigenvalue weighted by Gasteiger charge is -2.07. The quantitative estimate of drug-likeness (QED) is 0.610. The van der Waals surface area contributed by atoms with E-state index in [0.717, 1.165) is 12.1 Å². The van der Waals surface area contributed by atoms with Crippen LogP contribution in [0.4, 0.5) is 8.78 Å². The predicted octanol–water partition coefficient (Wildman–Crippen LogP) is 2.73. The van der Waals surface area contributed by atoms with Gasteiger partial charge < -0.3 is 0 Å². The van der Waals surface area contributed by atoms with Crippen LogP contribution in [0.3, 0.4) is 0 Å². The zero-order valence-corrected chi connectivity index (χ0v) is 15.6. The summed E-state index contributed by atoms with van der Waals surface area (Å²) in [5.74, 6) is -3.66. The summed E-state index contributed by atoms with van der Waals surface area (Å²) in [4.78, 5) is 27.9. The highest BCUT2D eigenvalue weighted by molar-refractivity contribution is 7.90. The Hall–Kier alpha value is -2.85. The summed E-state index contributed by atoms with van der Waals surface area (Å²) >= 11 is 5.88. The van der Waals surface area contributed by atoms with Crippen LogP contribution in [0.2, 0.25) is 5.15 Å². The molecule has 0 aliphatic heterocycles. The number of benzene rings is 1. The number of ketones is 1. The van der Waals surface area contributed by atoms with Crippen LogP contribution < -0.4 is 4.72 Å². The Morgan fingerprint density at radius 2 is 1.89 bits per heavy atom. The maximum Gasteiger partial charge on any atom is 0.283 e. The number of halogens is 3. The summed E-state index contributed by atoms with van der Waals surface area (Å²) in [6, 6.07) is 7.14. The zero-order chi connectivity index (χ0) is 20.5. The van der Waals surface area contributed by atoms with E-state index in [1.165, 1.54) is 16.7 Å². The van der Waals surface area contributed by atoms with Crippen molar-refractivity contribution in [2.45, 2.75) is 17.9 Å². The number of amides is 1. The van der Waals surface area contributed by atoms with Gasteiger partial charge in [-0.05, 0) is 24.3 Å². The molecule has 0 saturated heterocycles. The minimum Gasteiger partial charge on any atom is -0.294 e. The molecule has 0 bridgehead atoms. The maximum absolute atomic E-state index is 13.6. The van der Waals surface area contributed by atoms with Crippen molar-refractivity contribution < 1.29 is 26.8 Å². The number of pyridine rings is 1. The van der Waals surface area contributed by atoms with Crippen molar-refractivity contribution in [2.75, 3.05) is 0 Å². The summed E-state index contributed by atoms with van der Waals surface area (Å²) in [5, 5.41) is -0.745. The lowest BCUT2D eigenvalue weighted by Crippen LogP contribution is -2.31. The summed E-state index contributed by atoms with van der Waals surface area (Å²) < 4.78 is 54.4. The summed E-state index contributed by atoms with van der Waals surface area (Å²) in [7, 11) is -4.37. The fourth-order valence-corrected chi connectivity index (χ4v) is 4.17. The second kappa shape index (κ2) is 7.64. The molecule has 0 unspecified atom stereocenters. The molecule has 28 heavy (non-hydrogen) atoms. The van der Waals surface area contributed by atoms with Gasteiger partial charge in [-0.2, -0.15) is 8.42 Å². The first-order valence-electron chi connectivity index (χ1n) is 7.85. The van der Waals surface area contributed by atoms with E-state index in [1.807, 2.05) is 0 Å². The highest BCUT2D eigenvalue weighted by atomic mass is 35.5. The van der Waals surface area contributed by atoms with Crippen LogP contribution in [-0.4, -0.2) is 29.5 Å². The third-order valence-corrected chi connectivity index (χ3v) is 5.53. The van der Waals surface area contributed by atoms with Gasteiger partial charge in [-0.25, -0.2) is 18.5 Å². The molecule has 0 saturated carbocycles. The molecule has 0 aliphatic rings. The van der Waals surface area contributed by atoms with Gasteiger partial charge in [-0.15, -0.1) is 0 Å². The van der Waals surface area contributed by atoms with E-state index in [4.69, 9.17) is 11.6 Å². The second-order valence-electron chi connectivity index (χ2n) is 5.71. The van der Waals surface area contributed by atoms with Gasteiger partial charge in [0.15, 0.2) is 16.0 Å². The monoisotopic (exact) mass is 427 g/mol. The van der Waals surface area contributed by atoms with Gasteiger partial charge in [0.05, 0.1) is 5.56 Å². The molecule has 1 aromatic carbocycles. The number of Topliss-reactive ketones (excluding diaryl/α,β-unsaturated/α-hetero) is 1. The van der Waals surface area contributed by atoms with Gasteiger partial charge in [0.25, 0.3) is 10.0 Å². The van der Waals surface area contributed by atoms with Gasteiger partial charge in [0, 0.05) is 25.1 Å². The topological polar surface area (TPSA) is 97.6 Å². The SMILES string of the molecule is O=C(CCC(=O)c1ccc(F)cc1F)NS(=O)(=O)c1c(Cl)nc2ccccn12. The van der Waals surface area contributed by atoms with E-state index < -0.39 is 51.2 Å². The lowest BCUT2D eigenvalue weighted by molar-refractivity contribution is -0.119. The van der Waals surface area contributed by atoms with Gasteiger partial charge in [0.1, 0.15) is 17.3 Å². The Morgan fingerprint density at radius 1 is 1.14 bits per heavy atom. The Bertz CT molecular complexity index is 1190. The first kappa shape index (κ1) is 19.9. The first-order chi connectivity index (χ1) is 13.2. The third kappa shape index (κ3) is 4.02. The van der Waals surface area contributed by atoms with Gasteiger partial charge in [0.2, 0.25) is 5.91 Å². The third-order valence-electron chi connectivity index (χ3n) is 3.76. The number of aromatic nitrogens is 2. The number of rotatable bonds is 6. The number of hydrogen-bond donors (Lipinski definition) is 1. The molecule has 3 rings (SSSR count). The molecular weight excluding hydrogens is 416 g/mol. The summed E-state index contributed by atoms with van der Waals surface area (Å²) in [6.07, 6.45) is 0.419. The molecule has 7 nitrogen and oxygen atoms in total. The minimum absolute atomic E-state index is 0.266. The number of carbonyl (C=O) groups excluding carboxylic acids is 2. The van der Waals surface area contributed by atoms with Crippen LogP contribution in [0.15, 0.2) is 47.6 Å². The normalized spacial score (nSPS) is 11.5. The van der Waals surface area contributed by atoms with Gasteiger partial charge in [-0.1, -0.05) is 17.7 Å². The molecule has 2 aromatic heterocycles. The van der Waals surface area contributed by atoms with Crippen molar-refractivity contribution in [3.05, 3.63) is 64.9 Å². The first-order valence-corrected chi connectivity index (χ1v) is 9.71. The highest BCUT2D eigenvalue weighted by Gasteiger charge is 2.26. The number of nitrogens with zero attached hydrogens (tertiary/aromatic N) is 2. The average Bonchev–Trinajstić information content (AvgIpc) is 2.95. The van der Waals surface area contributed by atoms with Crippen molar-refractivity contribution in [2.24, 2.45) is 0 Å². The van der Waals surface area contributed by atoms with Crippen LogP contribution in [-0.2, 0) is 14.8 Å². The number of sulfonamides is 1. The standard InChI is InChI=1S/C17H12ClF2N3O4S/c18-16-17(23-8-2-1-3-14(23)21-16)28(26,27)22-15(25)7-6-13(24)11-5-4-10(19)9-12(11)20/h1-5,8-9H,6-7H2,(H,22,25). The summed E-state index contributed by atoms with van der Waals surface area (Å²) in [5.41, 5.74) is -0.121. The predicted molar refractivity (Wildman–Crippen MR) is 95.5 cm³/mol. The molecular formula is C17H12ClF2N3O4S. The molecule has 2 heterocycles. The molecule has 0 radical (unpaired) electrons. The van der Waals surface area contributed by atoms with Crippen molar-refractivity contribution in [3.63, 3.8) is 0 Å². The molecule has 0 atom stereocenters. The molecule has 146 valence electrons. The Balaban J connectivity index is 1.72. The average molecular weight is 428 g/mol. The van der Waals surface area contributed by atoms with Crippen molar-refractivity contribution >= 4 is 39.0 Å². The molecule has 1 N–H and O–H groups in total. The minimum atomic E-state index is -4.37. The number of nitrogens with one attached hydrogen (secondary N) is 1. The number of imidazole rings is 1. The van der Waals surface area contributed by atoms with Crippen LogP contribution in [0.1, 0.15) is 23.2 Å². The molecule has 0 fully saturated rings. The largest absolute Gasteiger partial charge is 0.294 e. The second-order valence-corrected chi connectivity index (χ2v) is 7.67. The fraction of sp³-hybridized carbons (Fsp3) is 0.118. The van der Waals surface area contributed by atoms with Crippen LogP contribution >= 0.6 is 11.6 Å². The Kier molecular flexibility index (Phi) is 5.43. The van der Waals surface area contributed by atoms with Crippen LogP contribution in [0, 0.1) is 11.6 Å². The van der Waals surface area contributed by atoms with E-state index >= 15 is 0 Å². The Morgan fingerprint density at radius 3 is 2.61 bits per heavy atom. The molecule has 3 aromatic rings. The van der Waals surface area contributed by atoms with E-state index in [1.54, 1.807) is 16.9 Å². The van der Waals surface area contributed by atoms with Gasteiger partial charge >= 0.3 is 0 Å². The van der Waals surface area contributed by atoms with Gasteiger partial charge in [-0.3, -0.25) is 14.0 Å². The van der Waals surface area contributed by atoms with E-state index in [-0.39, 0.29) is 16.4 Å². The summed E-state index contributed by atoms with van der Waals surface area (Å²) in [6.45, 7) is 0. The fourth-order valence-electron chi connectivity index (χ4n) is 2.51. The number of fused-ring (bicyclic) bond motifs is 1. The van der Waals surface area contributed by atoms with Crippen LogP contribution in [0.5, 0.6) is 0 Å². The zero-order valence-electron chi connectivity index (χ0n) is 14.0. The molecule has 0 spiro atoms. The van der Waals surface area contributed by atoms with Crippen LogP contribution in [0.25, 0.3) is 5.65 Å². The molecule has 11 heteroatoms. The van der Waals surface area contributed by atoms with E-state index in [2.05, 4.69) is 4.98 Å². The van der Waals surface area contributed by atoms with Crippen molar-refractivity contribution in [1.29, 1.82) is 0 Å². The highest BCUT2D eigenvalue weighted by Crippen LogP contribution is 2.22. The number of hydrogen-bond acceptors (Lipinski definition) is 5. The smallest absolute Gasteiger partial charge is 0.283 e. The van der Waals surface area contributed by atoms with E-state index in [9.17, 15) is 26.8 Å². The van der Waals surface area contributed by atoms with Crippen molar-refractivity contribution in [3.8, 4) is 0 Å². The van der Waals surface area contributed by atoms with E-state index in [0.29, 0.717) is 6.07 Å².